The standard InChI is InChI=1S/C9H14N3/c1-2-6-12(7-3-1)9-8-10-4-5-11-9/h5,10H,1-3,6-8H2. The highest BCUT2D eigenvalue weighted by Crippen LogP contribution is 2.09. The van der Waals surface area contributed by atoms with Gasteiger partial charge >= 0.3 is 0 Å². The van der Waals surface area contributed by atoms with Gasteiger partial charge in [-0.15, -0.1) is 0 Å². The minimum absolute atomic E-state index is 0.844. The van der Waals surface area contributed by atoms with E-state index in [-0.39, 0.29) is 0 Å². The molecule has 12 heavy (non-hydrogen) atoms. The molecule has 0 spiro atoms. The average Bonchev–Trinajstić information content (AvgIpc) is 2.21. The lowest BCUT2D eigenvalue weighted by molar-refractivity contribution is 0.337. The van der Waals surface area contributed by atoms with E-state index in [1.807, 2.05) is 0 Å². The number of nitrogens with zero attached hydrogens (tertiary/aromatic N) is 2. The molecule has 0 aromatic carbocycles. The fourth-order valence-electron chi connectivity index (χ4n) is 1.67. The zero-order valence-corrected chi connectivity index (χ0v) is 7.21. The number of likely N-dealkylation sites (tertiary alicyclic amines) is 1. The molecule has 2 aliphatic heterocycles. The Morgan fingerprint density at radius 2 is 2.17 bits per heavy atom. The first-order valence-corrected chi connectivity index (χ1v) is 4.58. The summed E-state index contributed by atoms with van der Waals surface area (Å²) >= 11 is 0. The van der Waals surface area contributed by atoms with Crippen LogP contribution < -0.4 is 5.32 Å². The number of rotatable bonds is 0. The molecule has 0 saturated carbocycles. The number of nitrogens with one attached hydrogen (secondary N) is 1. The van der Waals surface area contributed by atoms with Gasteiger partial charge < -0.3 is 10.2 Å². The molecular formula is C9H14N3. The molecule has 0 aromatic rings. The molecule has 3 heteroatoms. The van der Waals surface area contributed by atoms with E-state index in [4.69, 9.17) is 0 Å². The number of aliphatic imine (C=N–C) groups is 1. The summed E-state index contributed by atoms with van der Waals surface area (Å²) in [4.78, 5) is 6.67. The fraction of sp³-hybridized carbons (Fsp3) is 0.667. The summed E-state index contributed by atoms with van der Waals surface area (Å²) in [7, 11) is 0. The second kappa shape index (κ2) is 3.61. The Balaban J connectivity index is 1.97. The molecule has 2 heterocycles. The van der Waals surface area contributed by atoms with Crippen LogP contribution >= 0.6 is 0 Å². The van der Waals surface area contributed by atoms with Gasteiger partial charge in [0.1, 0.15) is 5.84 Å². The molecule has 3 nitrogen and oxygen atoms in total. The van der Waals surface area contributed by atoms with Crippen molar-refractivity contribution in [1.29, 1.82) is 0 Å². The first-order valence-electron chi connectivity index (χ1n) is 4.58. The third kappa shape index (κ3) is 1.60. The zero-order chi connectivity index (χ0) is 8.23. The third-order valence-corrected chi connectivity index (χ3v) is 2.35. The van der Waals surface area contributed by atoms with E-state index in [1.54, 1.807) is 6.20 Å². The Hall–Kier alpha value is -0.990. The quantitative estimate of drug-likeness (QED) is 0.572. The molecule has 0 atom stereocenters. The molecule has 1 fully saturated rings. The summed E-state index contributed by atoms with van der Waals surface area (Å²) in [6.07, 6.45) is 8.58. The fourth-order valence-corrected chi connectivity index (χ4v) is 1.67. The van der Waals surface area contributed by atoms with Gasteiger partial charge in [-0.2, -0.15) is 0 Å². The van der Waals surface area contributed by atoms with Gasteiger partial charge in [-0.05, 0) is 19.3 Å². The zero-order valence-electron chi connectivity index (χ0n) is 7.21. The SMILES string of the molecule is [C]1=CN=C(N2CCCCC2)CN1. The van der Waals surface area contributed by atoms with Crippen LogP contribution in [0.15, 0.2) is 11.2 Å². The maximum absolute atomic E-state index is 4.30. The highest BCUT2D eigenvalue weighted by Gasteiger charge is 2.14. The molecule has 65 valence electrons. The summed E-state index contributed by atoms with van der Waals surface area (Å²) in [5.74, 6) is 1.17. The Morgan fingerprint density at radius 3 is 2.83 bits per heavy atom. The lowest BCUT2D eigenvalue weighted by Gasteiger charge is -2.30. The lowest BCUT2D eigenvalue weighted by atomic mass is 10.1. The maximum Gasteiger partial charge on any atom is 0.124 e. The van der Waals surface area contributed by atoms with Crippen molar-refractivity contribution < 1.29 is 0 Å². The van der Waals surface area contributed by atoms with Gasteiger partial charge in [-0.3, -0.25) is 0 Å². The number of piperidine rings is 1. The monoisotopic (exact) mass is 164 g/mol. The summed E-state index contributed by atoms with van der Waals surface area (Å²) in [6.45, 7) is 3.19. The summed E-state index contributed by atoms with van der Waals surface area (Å²) in [6, 6.07) is 0. The van der Waals surface area contributed by atoms with E-state index in [0.717, 1.165) is 6.54 Å². The van der Waals surface area contributed by atoms with Gasteiger partial charge in [0.05, 0.1) is 18.9 Å². The van der Waals surface area contributed by atoms with Crippen molar-refractivity contribution in [3.8, 4) is 0 Å². The topological polar surface area (TPSA) is 27.6 Å². The van der Waals surface area contributed by atoms with Crippen molar-refractivity contribution >= 4 is 5.84 Å². The number of amidine groups is 1. The van der Waals surface area contributed by atoms with Gasteiger partial charge in [-0.1, -0.05) is 0 Å². The second-order valence-electron chi connectivity index (χ2n) is 3.22. The van der Waals surface area contributed by atoms with Crippen molar-refractivity contribution in [3.05, 3.63) is 12.4 Å². The van der Waals surface area contributed by atoms with Crippen LogP contribution in [0.4, 0.5) is 0 Å². The minimum atomic E-state index is 0.844. The van der Waals surface area contributed by atoms with Crippen LogP contribution in [0.5, 0.6) is 0 Å². The molecule has 1 saturated heterocycles. The lowest BCUT2D eigenvalue weighted by Crippen LogP contribution is -2.41. The van der Waals surface area contributed by atoms with Gasteiger partial charge in [-0.25, -0.2) is 4.99 Å². The van der Waals surface area contributed by atoms with Crippen LogP contribution in [-0.4, -0.2) is 30.4 Å². The van der Waals surface area contributed by atoms with Crippen LogP contribution in [0.2, 0.25) is 0 Å². The van der Waals surface area contributed by atoms with Gasteiger partial charge in [0.25, 0.3) is 0 Å². The molecule has 2 aliphatic rings. The Bertz CT molecular complexity index is 202. The predicted molar refractivity (Wildman–Crippen MR) is 48.7 cm³/mol. The van der Waals surface area contributed by atoms with E-state index in [1.165, 1.54) is 38.2 Å². The van der Waals surface area contributed by atoms with Crippen LogP contribution in [0.1, 0.15) is 19.3 Å². The molecule has 0 bridgehead atoms. The Kier molecular flexibility index (Phi) is 2.30. The highest BCUT2D eigenvalue weighted by atomic mass is 15.2. The molecule has 1 radical (unpaired) electrons. The van der Waals surface area contributed by atoms with Crippen LogP contribution in [0.3, 0.4) is 0 Å². The van der Waals surface area contributed by atoms with E-state index in [2.05, 4.69) is 21.4 Å². The van der Waals surface area contributed by atoms with E-state index in [9.17, 15) is 0 Å². The van der Waals surface area contributed by atoms with Crippen molar-refractivity contribution in [2.24, 2.45) is 4.99 Å². The minimum Gasteiger partial charge on any atom is -0.375 e. The van der Waals surface area contributed by atoms with E-state index < -0.39 is 0 Å². The summed E-state index contributed by atoms with van der Waals surface area (Å²) < 4.78 is 0. The van der Waals surface area contributed by atoms with Gasteiger partial charge in [0.15, 0.2) is 0 Å². The largest absolute Gasteiger partial charge is 0.375 e. The average molecular weight is 164 g/mol. The smallest absolute Gasteiger partial charge is 0.124 e. The highest BCUT2D eigenvalue weighted by molar-refractivity contribution is 5.85. The first kappa shape index (κ1) is 7.65. The van der Waals surface area contributed by atoms with Gasteiger partial charge in [0.2, 0.25) is 0 Å². The van der Waals surface area contributed by atoms with Gasteiger partial charge in [0, 0.05) is 13.1 Å². The summed E-state index contributed by atoms with van der Waals surface area (Å²) in [5, 5.41) is 3.05. The second-order valence-corrected chi connectivity index (χ2v) is 3.22. The van der Waals surface area contributed by atoms with E-state index >= 15 is 0 Å². The van der Waals surface area contributed by atoms with Crippen molar-refractivity contribution in [2.45, 2.75) is 19.3 Å². The van der Waals surface area contributed by atoms with Crippen molar-refractivity contribution in [3.63, 3.8) is 0 Å². The molecule has 1 N–H and O–H groups in total. The molecule has 0 aromatic heterocycles. The van der Waals surface area contributed by atoms with Crippen molar-refractivity contribution in [2.75, 3.05) is 19.6 Å². The van der Waals surface area contributed by atoms with Crippen LogP contribution in [0.25, 0.3) is 0 Å². The molecular weight excluding hydrogens is 150 g/mol. The Morgan fingerprint density at radius 1 is 1.33 bits per heavy atom. The molecule has 0 unspecified atom stereocenters. The van der Waals surface area contributed by atoms with Crippen LogP contribution in [-0.2, 0) is 0 Å². The molecule has 2 rings (SSSR count). The number of hydrogen-bond donors (Lipinski definition) is 1. The summed E-state index contributed by atoms with van der Waals surface area (Å²) in [5.41, 5.74) is 0. The van der Waals surface area contributed by atoms with E-state index in [0.29, 0.717) is 0 Å². The predicted octanol–water partition coefficient (Wildman–Crippen LogP) is 0.748. The first-order chi connectivity index (χ1) is 5.97. The normalized spacial score (nSPS) is 23.3. The third-order valence-electron chi connectivity index (χ3n) is 2.35. The van der Waals surface area contributed by atoms with Crippen LogP contribution in [0, 0.1) is 6.20 Å². The molecule has 0 aliphatic carbocycles. The Labute approximate surface area is 73.2 Å². The maximum atomic E-state index is 4.30. The van der Waals surface area contributed by atoms with Crippen molar-refractivity contribution in [1.82, 2.24) is 10.2 Å². The number of hydrogen-bond acceptors (Lipinski definition) is 3. The molecule has 0 amide bonds.